The molecular formula is C14H21N3O. The Morgan fingerprint density at radius 1 is 1.44 bits per heavy atom. The Hall–Kier alpha value is -1.13. The molecule has 2 aliphatic rings. The first-order valence-electron chi connectivity index (χ1n) is 6.79. The fourth-order valence-electron chi connectivity index (χ4n) is 2.88. The Labute approximate surface area is 107 Å². The van der Waals surface area contributed by atoms with Gasteiger partial charge in [-0.15, -0.1) is 0 Å². The van der Waals surface area contributed by atoms with Crippen LogP contribution in [0.1, 0.15) is 48.7 Å². The molecule has 4 nitrogen and oxygen atoms in total. The van der Waals surface area contributed by atoms with Crippen LogP contribution in [0.3, 0.4) is 0 Å². The van der Waals surface area contributed by atoms with Crippen molar-refractivity contribution in [1.29, 1.82) is 0 Å². The highest BCUT2D eigenvalue weighted by Crippen LogP contribution is 2.36. The summed E-state index contributed by atoms with van der Waals surface area (Å²) in [5.74, 6) is 0. The highest BCUT2D eigenvalue weighted by atomic mass is 16.1. The number of hydrogen-bond donors (Lipinski definition) is 1. The van der Waals surface area contributed by atoms with E-state index < -0.39 is 0 Å². The number of nitrogens with two attached hydrogens (primary N) is 1. The molecule has 1 saturated carbocycles. The van der Waals surface area contributed by atoms with Crippen LogP contribution >= 0.6 is 0 Å². The SMILES string of the molecule is CC(N)c1cc2c(n(C3CC3)c1=O)CCN(C)C2. The van der Waals surface area contributed by atoms with Crippen molar-refractivity contribution >= 4 is 0 Å². The molecule has 98 valence electrons. The van der Waals surface area contributed by atoms with Crippen molar-refractivity contribution in [2.75, 3.05) is 13.6 Å². The molecule has 2 heterocycles. The summed E-state index contributed by atoms with van der Waals surface area (Å²) in [6.07, 6.45) is 3.27. The van der Waals surface area contributed by atoms with Gasteiger partial charge >= 0.3 is 0 Å². The number of nitrogens with zero attached hydrogens (tertiary/aromatic N) is 2. The fraction of sp³-hybridized carbons (Fsp3) is 0.643. The van der Waals surface area contributed by atoms with Crippen molar-refractivity contribution < 1.29 is 0 Å². The minimum absolute atomic E-state index is 0.149. The molecule has 1 aromatic rings. The van der Waals surface area contributed by atoms with E-state index >= 15 is 0 Å². The minimum Gasteiger partial charge on any atom is -0.324 e. The van der Waals surface area contributed by atoms with Crippen LogP contribution in [-0.2, 0) is 13.0 Å². The maximum absolute atomic E-state index is 12.5. The molecule has 0 amide bonds. The van der Waals surface area contributed by atoms with Gasteiger partial charge in [0.15, 0.2) is 0 Å². The van der Waals surface area contributed by atoms with Crippen molar-refractivity contribution in [3.63, 3.8) is 0 Å². The highest BCUT2D eigenvalue weighted by Gasteiger charge is 2.30. The molecule has 1 atom stereocenters. The van der Waals surface area contributed by atoms with Crippen LogP contribution in [0.2, 0.25) is 0 Å². The minimum atomic E-state index is -0.181. The molecule has 2 N–H and O–H groups in total. The molecular weight excluding hydrogens is 226 g/mol. The maximum Gasteiger partial charge on any atom is 0.255 e. The van der Waals surface area contributed by atoms with Crippen molar-refractivity contribution in [1.82, 2.24) is 9.47 Å². The van der Waals surface area contributed by atoms with Gasteiger partial charge in [0.1, 0.15) is 0 Å². The van der Waals surface area contributed by atoms with Gasteiger partial charge in [-0.2, -0.15) is 0 Å². The number of aromatic nitrogens is 1. The van der Waals surface area contributed by atoms with Crippen molar-refractivity contribution in [3.05, 3.63) is 33.2 Å². The Bertz CT molecular complexity index is 529. The number of hydrogen-bond acceptors (Lipinski definition) is 3. The van der Waals surface area contributed by atoms with Crippen molar-refractivity contribution in [2.24, 2.45) is 5.73 Å². The quantitative estimate of drug-likeness (QED) is 0.854. The van der Waals surface area contributed by atoms with Crippen LogP contribution in [0, 0.1) is 0 Å². The molecule has 0 spiro atoms. The van der Waals surface area contributed by atoms with Gasteiger partial charge < -0.3 is 15.2 Å². The molecule has 0 saturated heterocycles. The topological polar surface area (TPSA) is 51.3 Å². The lowest BCUT2D eigenvalue weighted by atomic mass is 10.0. The molecule has 0 radical (unpaired) electrons. The highest BCUT2D eigenvalue weighted by molar-refractivity contribution is 5.31. The van der Waals surface area contributed by atoms with Gasteiger partial charge in [0.25, 0.3) is 5.56 Å². The van der Waals surface area contributed by atoms with Gasteiger partial charge in [0, 0.05) is 42.9 Å². The smallest absolute Gasteiger partial charge is 0.255 e. The number of likely N-dealkylation sites (N-methyl/N-ethyl adjacent to an activating group) is 1. The summed E-state index contributed by atoms with van der Waals surface area (Å²) in [6, 6.07) is 2.30. The average Bonchev–Trinajstić information content (AvgIpc) is 3.12. The van der Waals surface area contributed by atoms with Crippen LogP contribution < -0.4 is 11.3 Å². The van der Waals surface area contributed by atoms with Crippen molar-refractivity contribution in [3.8, 4) is 0 Å². The zero-order chi connectivity index (χ0) is 12.9. The lowest BCUT2D eigenvalue weighted by Gasteiger charge is -2.28. The normalized spacial score (nSPS) is 21.7. The van der Waals surface area contributed by atoms with E-state index in [9.17, 15) is 4.79 Å². The first-order valence-corrected chi connectivity index (χ1v) is 6.79. The second-order valence-corrected chi connectivity index (χ2v) is 5.75. The monoisotopic (exact) mass is 247 g/mol. The lowest BCUT2D eigenvalue weighted by molar-refractivity contribution is 0.303. The van der Waals surface area contributed by atoms with Gasteiger partial charge in [-0.05, 0) is 38.4 Å². The summed E-state index contributed by atoms with van der Waals surface area (Å²) in [5.41, 5.74) is 9.42. The first kappa shape index (κ1) is 11.9. The van der Waals surface area contributed by atoms with Crippen LogP contribution in [-0.4, -0.2) is 23.1 Å². The van der Waals surface area contributed by atoms with Crippen LogP contribution in [0.15, 0.2) is 10.9 Å². The summed E-state index contributed by atoms with van der Waals surface area (Å²) >= 11 is 0. The second-order valence-electron chi connectivity index (χ2n) is 5.75. The molecule has 3 rings (SSSR count). The summed E-state index contributed by atoms with van der Waals surface area (Å²) in [4.78, 5) is 14.8. The van der Waals surface area contributed by atoms with Gasteiger partial charge in [0.2, 0.25) is 0 Å². The molecule has 0 aromatic carbocycles. The molecule has 1 aliphatic heterocycles. The van der Waals surface area contributed by atoms with E-state index in [2.05, 4.69) is 11.9 Å². The number of rotatable bonds is 2. The zero-order valence-corrected chi connectivity index (χ0v) is 11.1. The van der Waals surface area contributed by atoms with E-state index in [1.165, 1.54) is 11.3 Å². The van der Waals surface area contributed by atoms with E-state index in [1.807, 2.05) is 17.6 Å². The predicted octanol–water partition coefficient (Wildman–Crippen LogP) is 1.19. The Balaban J connectivity index is 2.19. The molecule has 18 heavy (non-hydrogen) atoms. The number of pyridine rings is 1. The molecule has 0 bridgehead atoms. The van der Waals surface area contributed by atoms with Crippen LogP contribution in [0.5, 0.6) is 0 Å². The standard InChI is InChI=1S/C14H21N3O/c1-9(15)12-7-10-8-16(2)6-5-13(10)17(14(12)18)11-3-4-11/h7,9,11H,3-6,8,15H2,1-2H3. The third-order valence-electron chi connectivity index (χ3n) is 4.03. The summed E-state index contributed by atoms with van der Waals surface area (Å²) in [6.45, 7) is 3.87. The van der Waals surface area contributed by atoms with E-state index in [-0.39, 0.29) is 11.6 Å². The molecule has 1 aromatic heterocycles. The summed E-state index contributed by atoms with van der Waals surface area (Å²) in [7, 11) is 2.13. The molecule has 1 unspecified atom stereocenters. The summed E-state index contributed by atoms with van der Waals surface area (Å²) < 4.78 is 2.04. The van der Waals surface area contributed by atoms with E-state index in [4.69, 9.17) is 5.73 Å². The largest absolute Gasteiger partial charge is 0.324 e. The number of fused-ring (bicyclic) bond motifs is 1. The zero-order valence-electron chi connectivity index (χ0n) is 11.1. The van der Waals surface area contributed by atoms with E-state index in [0.29, 0.717) is 6.04 Å². The van der Waals surface area contributed by atoms with Gasteiger partial charge in [-0.1, -0.05) is 0 Å². The molecule has 1 fully saturated rings. The van der Waals surface area contributed by atoms with Crippen LogP contribution in [0.4, 0.5) is 0 Å². The Morgan fingerprint density at radius 3 is 2.78 bits per heavy atom. The van der Waals surface area contributed by atoms with Gasteiger partial charge in [-0.3, -0.25) is 4.79 Å². The fourth-order valence-corrected chi connectivity index (χ4v) is 2.88. The average molecular weight is 247 g/mol. The Kier molecular flexibility index (Phi) is 2.79. The first-order chi connectivity index (χ1) is 8.58. The third-order valence-corrected chi connectivity index (χ3v) is 4.03. The van der Waals surface area contributed by atoms with Crippen LogP contribution in [0.25, 0.3) is 0 Å². The van der Waals surface area contributed by atoms with E-state index in [1.54, 1.807) is 0 Å². The van der Waals surface area contributed by atoms with Gasteiger partial charge in [0.05, 0.1) is 0 Å². The molecule has 1 aliphatic carbocycles. The lowest BCUT2D eigenvalue weighted by Crippen LogP contribution is -2.36. The van der Waals surface area contributed by atoms with Gasteiger partial charge in [-0.25, -0.2) is 0 Å². The summed E-state index contributed by atoms with van der Waals surface area (Å²) in [5, 5.41) is 0. The third kappa shape index (κ3) is 1.89. The Morgan fingerprint density at radius 2 is 2.17 bits per heavy atom. The second kappa shape index (κ2) is 4.21. The maximum atomic E-state index is 12.5. The predicted molar refractivity (Wildman–Crippen MR) is 71.6 cm³/mol. The van der Waals surface area contributed by atoms with E-state index in [0.717, 1.165) is 37.9 Å². The van der Waals surface area contributed by atoms with Crippen molar-refractivity contribution in [2.45, 2.75) is 44.8 Å². The molecule has 4 heteroatoms.